The molecule has 26 heavy (non-hydrogen) atoms. The van der Waals surface area contributed by atoms with E-state index in [0.717, 1.165) is 50.4 Å². The van der Waals surface area contributed by atoms with Crippen molar-refractivity contribution >= 4 is 5.91 Å². The van der Waals surface area contributed by atoms with Crippen LogP contribution in [-0.4, -0.2) is 60.1 Å². The zero-order valence-corrected chi connectivity index (χ0v) is 16.6. The van der Waals surface area contributed by atoms with Gasteiger partial charge < -0.3 is 14.5 Å². The minimum Gasteiger partial charge on any atom is -0.368 e. The maximum absolute atomic E-state index is 13.0. The lowest BCUT2D eigenvalue weighted by molar-refractivity contribution is -0.145. The van der Waals surface area contributed by atoms with Gasteiger partial charge in [0, 0.05) is 18.7 Å². The molecule has 0 bridgehead atoms. The van der Waals surface area contributed by atoms with E-state index in [1.54, 1.807) is 0 Å². The third kappa shape index (κ3) is 4.86. The third-order valence-electron chi connectivity index (χ3n) is 5.73. The summed E-state index contributed by atoms with van der Waals surface area (Å²) in [6, 6.07) is 9.65. The van der Waals surface area contributed by atoms with E-state index in [0.29, 0.717) is 6.54 Å². The SMILES string of the molecule is CC(C)CCN1CCC[C@]2(CC1)CN(C(=O)c1ccccc1)C[C@H](C)O2. The number of morpholine rings is 1. The summed E-state index contributed by atoms with van der Waals surface area (Å²) in [5, 5.41) is 0. The highest BCUT2D eigenvalue weighted by atomic mass is 16.5. The fourth-order valence-corrected chi connectivity index (χ4v) is 4.31. The van der Waals surface area contributed by atoms with Gasteiger partial charge in [-0.2, -0.15) is 0 Å². The molecule has 0 aliphatic carbocycles. The van der Waals surface area contributed by atoms with E-state index in [1.165, 1.54) is 13.0 Å². The van der Waals surface area contributed by atoms with Crippen molar-refractivity contribution in [3.8, 4) is 0 Å². The molecule has 2 atom stereocenters. The van der Waals surface area contributed by atoms with Gasteiger partial charge in [0.2, 0.25) is 0 Å². The number of ether oxygens (including phenoxy) is 1. The number of hydrogen-bond acceptors (Lipinski definition) is 3. The Morgan fingerprint density at radius 1 is 1.23 bits per heavy atom. The standard InChI is InChI=1S/C22H34N2O2/c1-18(2)10-14-23-13-7-11-22(12-15-23)17-24(16-19(3)26-22)21(25)20-8-5-4-6-9-20/h4-6,8-9,18-19H,7,10-17H2,1-3H3/t19-,22-/m0/s1. The first-order valence-corrected chi connectivity index (χ1v) is 10.2. The lowest BCUT2D eigenvalue weighted by Gasteiger charge is -2.45. The first kappa shape index (κ1) is 19.4. The largest absolute Gasteiger partial charge is 0.368 e. The smallest absolute Gasteiger partial charge is 0.254 e. The number of likely N-dealkylation sites (tertiary alicyclic amines) is 1. The Balaban J connectivity index is 1.66. The number of hydrogen-bond donors (Lipinski definition) is 0. The summed E-state index contributed by atoms with van der Waals surface area (Å²) in [5.41, 5.74) is 0.609. The van der Waals surface area contributed by atoms with Crippen LogP contribution in [0, 0.1) is 5.92 Å². The van der Waals surface area contributed by atoms with E-state index < -0.39 is 0 Å². The highest BCUT2D eigenvalue weighted by Crippen LogP contribution is 2.33. The molecule has 2 heterocycles. The Morgan fingerprint density at radius 2 is 2.00 bits per heavy atom. The fraction of sp³-hybridized carbons (Fsp3) is 0.682. The highest BCUT2D eigenvalue weighted by molar-refractivity contribution is 5.94. The minimum absolute atomic E-state index is 0.0960. The van der Waals surface area contributed by atoms with Crippen molar-refractivity contribution in [3.63, 3.8) is 0 Å². The van der Waals surface area contributed by atoms with Crippen molar-refractivity contribution in [2.75, 3.05) is 32.7 Å². The maximum Gasteiger partial charge on any atom is 0.254 e. The molecule has 4 nitrogen and oxygen atoms in total. The van der Waals surface area contributed by atoms with Gasteiger partial charge in [-0.25, -0.2) is 0 Å². The van der Waals surface area contributed by atoms with Gasteiger partial charge in [0.15, 0.2) is 0 Å². The van der Waals surface area contributed by atoms with Crippen molar-refractivity contribution in [2.45, 2.75) is 58.2 Å². The highest BCUT2D eigenvalue weighted by Gasteiger charge is 2.42. The van der Waals surface area contributed by atoms with Gasteiger partial charge in [0.1, 0.15) is 0 Å². The number of benzene rings is 1. The molecule has 0 saturated carbocycles. The zero-order valence-electron chi connectivity index (χ0n) is 16.6. The van der Waals surface area contributed by atoms with Crippen molar-refractivity contribution in [3.05, 3.63) is 35.9 Å². The number of carbonyl (C=O) groups is 1. The van der Waals surface area contributed by atoms with Gasteiger partial charge in [-0.15, -0.1) is 0 Å². The Kier molecular flexibility index (Phi) is 6.36. The number of amides is 1. The predicted octanol–water partition coefficient (Wildman–Crippen LogP) is 3.82. The lowest BCUT2D eigenvalue weighted by atomic mass is 9.91. The lowest BCUT2D eigenvalue weighted by Crippen LogP contribution is -2.56. The molecule has 2 aliphatic heterocycles. The average Bonchev–Trinajstić information content (AvgIpc) is 2.81. The molecule has 1 spiro atoms. The Hall–Kier alpha value is -1.39. The number of rotatable bonds is 4. The molecule has 4 heteroatoms. The van der Waals surface area contributed by atoms with E-state index in [4.69, 9.17) is 4.74 Å². The molecule has 3 rings (SSSR count). The summed E-state index contributed by atoms with van der Waals surface area (Å²) in [6.45, 7) is 11.5. The van der Waals surface area contributed by atoms with E-state index in [9.17, 15) is 4.79 Å². The van der Waals surface area contributed by atoms with Gasteiger partial charge in [0.25, 0.3) is 5.91 Å². The van der Waals surface area contributed by atoms with Crippen molar-refractivity contribution < 1.29 is 9.53 Å². The van der Waals surface area contributed by atoms with Crippen LogP contribution < -0.4 is 0 Å². The molecular weight excluding hydrogens is 324 g/mol. The topological polar surface area (TPSA) is 32.8 Å². The second-order valence-electron chi connectivity index (χ2n) is 8.54. The second-order valence-corrected chi connectivity index (χ2v) is 8.54. The van der Waals surface area contributed by atoms with Crippen molar-refractivity contribution in [2.24, 2.45) is 5.92 Å². The molecule has 2 fully saturated rings. The van der Waals surface area contributed by atoms with Gasteiger partial charge in [-0.05, 0) is 63.7 Å². The molecule has 0 N–H and O–H groups in total. The van der Waals surface area contributed by atoms with E-state index >= 15 is 0 Å². The van der Waals surface area contributed by atoms with Crippen LogP contribution in [0.3, 0.4) is 0 Å². The Labute approximate surface area is 158 Å². The number of carbonyl (C=O) groups excluding carboxylic acids is 1. The van der Waals surface area contributed by atoms with E-state index in [-0.39, 0.29) is 17.6 Å². The van der Waals surface area contributed by atoms with Crippen LogP contribution in [0.15, 0.2) is 30.3 Å². The van der Waals surface area contributed by atoms with Gasteiger partial charge >= 0.3 is 0 Å². The van der Waals surface area contributed by atoms with Crippen LogP contribution >= 0.6 is 0 Å². The summed E-state index contributed by atoms with van der Waals surface area (Å²) in [6.07, 6.45) is 4.57. The van der Waals surface area contributed by atoms with Gasteiger partial charge in [-0.1, -0.05) is 32.0 Å². The van der Waals surface area contributed by atoms with Crippen molar-refractivity contribution in [1.29, 1.82) is 0 Å². The maximum atomic E-state index is 13.0. The molecule has 1 aromatic rings. The first-order valence-electron chi connectivity index (χ1n) is 10.2. The normalized spacial score (nSPS) is 27.7. The summed E-state index contributed by atoms with van der Waals surface area (Å²) in [7, 11) is 0. The molecule has 0 aromatic heterocycles. The zero-order chi connectivity index (χ0) is 18.6. The van der Waals surface area contributed by atoms with Gasteiger partial charge in [-0.3, -0.25) is 4.79 Å². The molecule has 1 aromatic carbocycles. The average molecular weight is 359 g/mol. The predicted molar refractivity (Wildman–Crippen MR) is 105 cm³/mol. The minimum atomic E-state index is -0.172. The second kappa shape index (κ2) is 8.53. The monoisotopic (exact) mass is 358 g/mol. The summed E-state index contributed by atoms with van der Waals surface area (Å²) >= 11 is 0. The van der Waals surface area contributed by atoms with Gasteiger partial charge in [0.05, 0.1) is 18.2 Å². The molecule has 2 aliphatic rings. The van der Waals surface area contributed by atoms with Crippen LogP contribution in [0.1, 0.15) is 56.8 Å². The van der Waals surface area contributed by atoms with E-state index in [2.05, 4.69) is 25.7 Å². The fourth-order valence-electron chi connectivity index (χ4n) is 4.31. The molecule has 1 amide bonds. The third-order valence-corrected chi connectivity index (χ3v) is 5.73. The van der Waals surface area contributed by atoms with Crippen LogP contribution in [0.2, 0.25) is 0 Å². The molecular formula is C22H34N2O2. The Bertz CT molecular complexity index is 589. The number of nitrogens with zero attached hydrogens (tertiary/aromatic N) is 2. The first-order chi connectivity index (χ1) is 12.5. The quantitative estimate of drug-likeness (QED) is 0.820. The van der Waals surface area contributed by atoms with E-state index in [1.807, 2.05) is 35.2 Å². The molecule has 2 saturated heterocycles. The molecule has 144 valence electrons. The molecule has 0 unspecified atom stereocenters. The summed E-state index contributed by atoms with van der Waals surface area (Å²) in [4.78, 5) is 17.6. The van der Waals surface area contributed by atoms with Crippen LogP contribution in [-0.2, 0) is 4.74 Å². The molecule has 0 radical (unpaired) electrons. The Morgan fingerprint density at radius 3 is 2.73 bits per heavy atom. The van der Waals surface area contributed by atoms with Crippen LogP contribution in [0.4, 0.5) is 0 Å². The summed E-state index contributed by atoms with van der Waals surface area (Å²) in [5.74, 6) is 0.887. The summed E-state index contributed by atoms with van der Waals surface area (Å²) < 4.78 is 6.46. The van der Waals surface area contributed by atoms with Crippen molar-refractivity contribution in [1.82, 2.24) is 9.80 Å². The van der Waals surface area contributed by atoms with Crippen LogP contribution in [0.5, 0.6) is 0 Å². The van der Waals surface area contributed by atoms with Crippen LogP contribution in [0.25, 0.3) is 0 Å².